The van der Waals surface area contributed by atoms with Gasteiger partial charge in [0.25, 0.3) is 0 Å². The van der Waals surface area contributed by atoms with E-state index in [1.807, 2.05) is 11.5 Å². The molecule has 1 N–H and O–H groups in total. The van der Waals surface area contributed by atoms with Crippen LogP contribution < -0.4 is 5.43 Å². The van der Waals surface area contributed by atoms with E-state index in [2.05, 4.69) is 30.5 Å². The molecule has 0 spiro atoms. The molecule has 0 fully saturated rings. The molecule has 0 aliphatic carbocycles. The van der Waals surface area contributed by atoms with Crippen molar-refractivity contribution in [3.63, 3.8) is 0 Å². The van der Waals surface area contributed by atoms with E-state index in [1.54, 1.807) is 11.9 Å². The fraction of sp³-hybridized carbons (Fsp3) is 0.333. The third kappa shape index (κ3) is 1.19. The van der Waals surface area contributed by atoms with Gasteiger partial charge in [0.15, 0.2) is 0 Å². The third-order valence-electron chi connectivity index (χ3n) is 1.98. The predicted octanol–water partition coefficient (Wildman–Crippen LogP) is 2.53. The Labute approximate surface area is 77.1 Å². The van der Waals surface area contributed by atoms with Crippen LogP contribution in [0, 0.1) is 0 Å². The number of anilines is 1. The van der Waals surface area contributed by atoms with Crippen molar-refractivity contribution in [3.05, 3.63) is 23.8 Å². The fourth-order valence-electron chi connectivity index (χ4n) is 1.39. The monoisotopic (exact) mass is 180 g/mol. The first-order chi connectivity index (χ1) is 5.81. The first kappa shape index (κ1) is 7.95. The molecule has 0 saturated carbocycles. The molecule has 0 saturated heterocycles. The first-order valence-corrected chi connectivity index (χ1v) is 4.89. The highest BCUT2D eigenvalue weighted by molar-refractivity contribution is 7.97. The van der Waals surface area contributed by atoms with Crippen molar-refractivity contribution < 1.29 is 0 Å². The smallest absolute Gasteiger partial charge is 0.0651 e. The van der Waals surface area contributed by atoms with Gasteiger partial charge in [0.05, 0.1) is 10.6 Å². The Balaban J connectivity index is 2.44. The summed E-state index contributed by atoms with van der Waals surface area (Å²) in [5.74, 6) is 0. The molecule has 3 heteroatoms. The number of hydrazine groups is 1. The summed E-state index contributed by atoms with van der Waals surface area (Å²) in [7, 11) is 2.03. The maximum Gasteiger partial charge on any atom is 0.0651 e. The first-order valence-electron chi connectivity index (χ1n) is 4.11. The van der Waals surface area contributed by atoms with Crippen molar-refractivity contribution >= 4 is 17.6 Å². The van der Waals surface area contributed by atoms with Crippen molar-refractivity contribution in [2.24, 2.45) is 0 Å². The number of hydrogen-bond acceptors (Lipinski definition) is 3. The van der Waals surface area contributed by atoms with Crippen molar-refractivity contribution in [1.82, 2.24) is 4.41 Å². The second-order valence-electron chi connectivity index (χ2n) is 2.85. The fourth-order valence-corrected chi connectivity index (χ4v) is 2.35. The Morgan fingerprint density at radius 2 is 2.33 bits per heavy atom. The summed E-state index contributed by atoms with van der Waals surface area (Å²) >= 11 is 1.76. The Morgan fingerprint density at radius 3 is 3.08 bits per heavy atom. The minimum atomic E-state index is 1.10. The van der Waals surface area contributed by atoms with E-state index < -0.39 is 0 Å². The second kappa shape index (κ2) is 2.99. The molecule has 0 unspecified atom stereocenters. The zero-order valence-corrected chi connectivity index (χ0v) is 8.11. The van der Waals surface area contributed by atoms with E-state index in [9.17, 15) is 0 Å². The molecule has 1 aliphatic rings. The molecule has 0 aromatic heterocycles. The number of aryl methyl sites for hydroxylation is 1. The van der Waals surface area contributed by atoms with Crippen LogP contribution in [0.3, 0.4) is 0 Å². The van der Waals surface area contributed by atoms with Gasteiger partial charge in [0, 0.05) is 7.05 Å². The molecule has 0 bridgehead atoms. The molecule has 0 amide bonds. The van der Waals surface area contributed by atoms with Crippen LogP contribution in [0.1, 0.15) is 12.5 Å². The summed E-state index contributed by atoms with van der Waals surface area (Å²) in [6.45, 7) is 2.19. The largest absolute Gasteiger partial charge is 0.308 e. The van der Waals surface area contributed by atoms with E-state index in [4.69, 9.17) is 0 Å². The molecule has 0 atom stereocenters. The highest BCUT2D eigenvalue weighted by Crippen LogP contribution is 2.38. The minimum Gasteiger partial charge on any atom is -0.308 e. The summed E-state index contributed by atoms with van der Waals surface area (Å²) in [5.41, 5.74) is 5.93. The van der Waals surface area contributed by atoms with Gasteiger partial charge >= 0.3 is 0 Å². The van der Waals surface area contributed by atoms with Gasteiger partial charge in [0.2, 0.25) is 0 Å². The molecule has 1 aliphatic heterocycles. The normalized spacial score (nSPS) is 15.8. The van der Waals surface area contributed by atoms with Crippen molar-refractivity contribution in [2.45, 2.75) is 18.2 Å². The SMILES string of the molecule is CCc1cccc2c1SN(C)N2. The second-order valence-corrected chi connectivity index (χ2v) is 3.99. The molecule has 64 valence electrons. The highest BCUT2D eigenvalue weighted by atomic mass is 32.2. The van der Waals surface area contributed by atoms with Crippen LogP contribution >= 0.6 is 11.9 Å². The van der Waals surface area contributed by atoms with Crippen molar-refractivity contribution in [2.75, 3.05) is 12.5 Å². The number of benzene rings is 1. The van der Waals surface area contributed by atoms with Gasteiger partial charge in [0.1, 0.15) is 0 Å². The van der Waals surface area contributed by atoms with Crippen LogP contribution in [0.2, 0.25) is 0 Å². The number of nitrogens with one attached hydrogen (secondary N) is 1. The number of rotatable bonds is 1. The third-order valence-corrected chi connectivity index (χ3v) is 3.01. The zero-order chi connectivity index (χ0) is 8.55. The van der Waals surface area contributed by atoms with Crippen LogP contribution in [0.15, 0.2) is 23.1 Å². The molecule has 1 aromatic carbocycles. The molecular weight excluding hydrogens is 168 g/mol. The molecule has 2 rings (SSSR count). The lowest BCUT2D eigenvalue weighted by Gasteiger charge is -2.04. The van der Waals surface area contributed by atoms with Crippen LogP contribution in [0.5, 0.6) is 0 Å². The lowest BCUT2D eigenvalue weighted by molar-refractivity contribution is 0.701. The summed E-state index contributed by atoms with van der Waals surface area (Å²) in [6.07, 6.45) is 1.10. The summed E-state index contributed by atoms with van der Waals surface area (Å²) in [5, 5.41) is 0. The topological polar surface area (TPSA) is 15.3 Å². The van der Waals surface area contributed by atoms with E-state index in [1.165, 1.54) is 16.1 Å². The Morgan fingerprint density at radius 1 is 1.50 bits per heavy atom. The van der Waals surface area contributed by atoms with Gasteiger partial charge in [-0.15, -0.1) is 0 Å². The van der Waals surface area contributed by atoms with E-state index in [-0.39, 0.29) is 0 Å². The average molecular weight is 180 g/mol. The van der Waals surface area contributed by atoms with Gasteiger partial charge in [-0.1, -0.05) is 19.1 Å². The Kier molecular flexibility index (Phi) is 1.98. The van der Waals surface area contributed by atoms with E-state index in [0.29, 0.717) is 0 Å². The molecule has 12 heavy (non-hydrogen) atoms. The summed E-state index contributed by atoms with van der Waals surface area (Å²) in [6, 6.07) is 6.40. The predicted molar refractivity (Wildman–Crippen MR) is 53.1 cm³/mol. The van der Waals surface area contributed by atoms with E-state index in [0.717, 1.165) is 6.42 Å². The standard InChI is InChI=1S/C9H12N2S/c1-3-7-5-4-6-8-9(7)12-11(2)10-8/h4-6,10H,3H2,1-2H3. The minimum absolute atomic E-state index is 1.10. The lowest BCUT2D eigenvalue weighted by atomic mass is 10.1. The summed E-state index contributed by atoms with van der Waals surface area (Å²) < 4.78 is 2.03. The molecule has 2 nitrogen and oxygen atoms in total. The zero-order valence-electron chi connectivity index (χ0n) is 7.29. The van der Waals surface area contributed by atoms with Gasteiger partial charge in [-0.2, -0.15) is 4.41 Å². The van der Waals surface area contributed by atoms with Crippen molar-refractivity contribution in [1.29, 1.82) is 0 Å². The van der Waals surface area contributed by atoms with Crippen LogP contribution in [-0.4, -0.2) is 11.5 Å². The van der Waals surface area contributed by atoms with Gasteiger partial charge in [-0.05, 0) is 30.0 Å². The maximum absolute atomic E-state index is 3.27. The van der Waals surface area contributed by atoms with Crippen LogP contribution in [-0.2, 0) is 6.42 Å². The Bertz CT molecular complexity index is 299. The molecule has 1 aromatic rings. The molecule has 0 radical (unpaired) electrons. The number of nitrogens with zero attached hydrogens (tertiary/aromatic N) is 1. The average Bonchev–Trinajstić information content (AvgIpc) is 2.44. The lowest BCUT2D eigenvalue weighted by Crippen LogP contribution is -2.10. The molecule has 1 heterocycles. The highest BCUT2D eigenvalue weighted by Gasteiger charge is 2.17. The van der Waals surface area contributed by atoms with Crippen LogP contribution in [0.25, 0.3) is 0 Å². The van der Waals surface area contributed by atoms with Gasteiger partial charge in [-0.3, -0.25) is 0 Å². The maximum atomic E-state index is 3.27. The molecular formula is C9H12N2S. The van der Waals surface area contributed by atoms with Gasteiger partial charge in [-0.25, -0.2) is 0 Å². The van der Waals surface area contributed by atoms with Gasteiger partial charge < -0.3 is 5.43 Å². The number of hydrogen-bond donors (Lipinski definition) is 1. The number of fused-ring (bicyclic) bond motifs is 1. The summed E-state index contributed by atoms with van der Waals surface area (Å²) in [4.78, 5) is 1.38. The van der Waals surface area contributed by atoms with E-state index >= 15 is 0 Å². The van der Waals surface area contributed by atoms with Crippen LogP contribution in [0.4, 0.5) is 5.69 Å². The Hall–Kier alpha value is -0.670. The van der Waals surface area contributed by atoms with Crippen molar-refractivity contribution in [3.8, 4) is 0 Å². The quantitative estimate of drug-likeness (QED) is 0.668.